The Morgan fingerprint density at radius 1 is 1.00 bits per heavy atom. The number of benzene rings is 2. The molecule has 3 nitrogen and oxygen atoms in total. The Hall–Kier alpha value is -2.94. The van der Waals surface area contributed by atoms with Gasteiger partial charge in [-0.2, -0.15) is 0 Å². The lowest BCUT2D eigenvalue weighted by Crippen LogP contribution is -2.19. The van der Waals surface area contributed by atoms with Gasteiger partial charge in [-0.05, 0) is 40.5 Å². The molecule has 0 saturated carbocycles. The molecule has 3 aromatic rings. The van der Waals surface area contributed by atoms with Gasteiger partial charge in [0.15, 0.2) is 5.78 Å². The number of aromatic nitrogens is 1. The second kappa shape index (κ2) is 5.03. The van der Waals surface area contributed by atoms with E-state index in [1.165, 1.54) is 16.3 Å². The van der Waals surface area contributed by atoms with Gasteiger partial charge in [-0.3, -0.25) is 9.78 Å². The van der Waals surface area contributed by atoms with Crippen LogP contribution < -0.4 is 5.32 Å². The lowest BCUT2D eigenvalue weighted by Gasteiger charge is -2.30. The van der Waals surface area contributed by atoms with Gasteiger partial charge in [-0.25, -0.2) is 0 Å². The van der Waals surface area contributed by atoms with Crippen molar-refractivity contribution in [2.45, 2.75) is 18.8 Å². The maximum atomic E-state index is 12.6. The molecule has 3 heteroatoms. The fraction of sp³-hybridized carbons (Fsp3) is 0.143. The third-order valence-corrected chi connectivity index (χ3v) is 5.08. The molecule has 1 N–H and O–H groups in total. The number of anilines is 1. The number of nitrogens with one attached hydrogen (secondary N) is 1. The number of ketones is 1. The molecular weight excluding hydrogens is 296 g/mol. The first-order chi connectivity index (χ1) is 11.8. The zero-order valence-electron chi connectivity index (χ0n) is 13.1. The van der Waals surface area contributed by atoms with Crippen LogP contribution in [0.4, 0.5) is 5.69 Å². The van der Waals surface area contributed by atoms with Gasteiger partial charge in [-0.1, -0.05) is 36.4 Å². The number of hydrogen-bond acceptors (Lipinski definition) is 3. The Labute approximate surface area is 140 Å². The molecule has 0 bridgehead atoms. The number of carbonyl (C=O) groups is 1. The number of Topliss-reactive ketones (excluding diaryl/α,β-unsaturated/α-hetero) is 1. The van der Waals surface area contributed by atoms with Gasteiger partial charge < -0.3 is 5.32 Å². The summed E-state index contributed by atoms with van der Waals surface area (Å²) in [6.07, 6.45) is 5.07. The molecular formula is C21H16N2O. The average Bonchev–Trinajstić information content (AvgIpc) is 3.01. The fourth-order valence-corrected chi connectivity index (χ4v) is 4.04. The first-order valence-electron chi connectivity index (χ1n) is 8.28. The van der Waals surface area contributed by atoms with Crippen LogP contribution in [0.3, 0.4) is 0 Å². The predicted octanol–water partition coefficient (Wildman–Crippen LogP) is 4.41. The van der Waals surface area contributed by atoms with Crippen LogP contribution >= 0.6 is 0 Å². The summed E-state index contributed by atoms with van der Waals surface area (Å²) in [5.74, 6) is 0.219. The van der Waals surface area contributed by atoms with Crippen molar-refractivity contribution in [2.75, 3.05) is 5.32 Å². The minimum atomic E-state index is -0.0361. The van der Waals surface area contributed by atoms with E-state index in [4.69, 9.17) is 0 Å². The van der Waals surface area contributed by atoms with Crippen molar-refractivity contribution in [1.29, 1.82) is 0 Å². The van der Waals surface area contributed by atoms with E-state index < -0.39 is 0 Å². The first kappa shape index (κ1) is 13.5. The van der Waals surface area contributed by atoms with Gasteiger partial charge in [0.05, 0.1) is 0 Å². The van der Waals surface area contributed by atoms with Crippen molar-refractivity contribution in [3.63, 3.8) is 0 Å². The standard InChI is InChI=1S/C21H16N2O/c24-18-10-9-17-21(18)19(14-5-3-11-22-12-14)20-15-6-2-1-4-13(15)7-8-16(20)23-17/h1-8,11-12,19,23H,9-10H2/t19-/m1/s1. The molecule has 0 saturated heterocycles. The molecule has 0 spiro atoms. The normalized spacial score (nSPS) is 19.2. The maximum Gasteiger partial charge on any atom is 0.161 e. The monoisotopic (exact) mass is 312 g/mol. The second-order valence-corrected chi connectivity index (χ2v) is 6.41. The molecule has 0 amide bonds. The summed E-state index contributed by atoms with van der Waals surface area (Å²) < 4.78 is 0. The second-order valence-electron chi connectivity index (χ2n) is 6.41. The van der Waals surface area contributed by atoms with E-state index in [2.05, 4.69) is 52.8 Å². The molecule has 0 fully saturated rings. The molecule has 1 atom stereocenters. The van der Waals surface area contributed by atoms with Crippen LogP contribution in [0, 0.1) is 0 Å². The van der Waals surface area contributed by atoms with Gasteiger partial charge in [-0.15, -0.1) is 0 Å². The summed E-state index contributed by atoms with van der Waals surface area (Å²) in [5, 5.41) is 5.91. The van der Waals surface area contributed by atoms with Crippen LogP contribution in [-0.4, -0.2) is 10.8 Å². The quantitative estimate of drug-likeness (QED) is 0.723. The van der Waals surface area contributed by atoms with E-state index in [-0.39, 0.29) is 11.7 Å². The summed E-state index contributed by atoms with van der Waals surface area (Å²) in [7, 11) is 0. The number of pyridine rings is 1. The Morgan fingerprint density at radius 2 is 1.92 bits per heavy atom. The molecule has 0 radical (unpaired) electrons. The summed E-state index contributed by atoms with van der Waals surface area (Å²) in [6, 6.07) is 16.7. The van der Waals surface area contributed by atoms with E-state index in [1.54, 1.807) is 6.20 Å². The van der Waals surface area contributed by atoms with Crippen molar-refractivity contribution in [3.8, 4) is 0 Å². The van der Waals surface area contributed by atoms with Crippen molar-refractivity contribution >= 4 is 22.2 Å². The zero-order chi connectivity index (χ0) is 16.1. The van der Waals surface area contributed by atoms with E-state index in [0.717, 1.165) is 28.9 Å². The molecule has 24 heavy (non-hydrogen) atoms. The highest BCUT2D eigenvalue weighted by Crippen LogP contribution is 2.48. The fourth-order valence-electron chi connectivity index (χ4n) is 4.04. The molecule has 116 valence electrons. The van der Waals surface area contributed by atoms with Gasteiger partial charge in [0.1, 0.15) is 0 Å². The predicted molar refractivity (Wildman–Crippen MR) is 94.9 cm³/mol. The molecule has 5 rings (SSSR count). The maximum absolute atomic E-state index is 12.6. The van der Waals surface area contributed by atoms with Crippen LogP contribution in [0.5, 0.6) is 0 Å². The summed E-state index contributed by atoms with van der Waals surface area (Å²) in [4.78, 5) is 16.9. The highest BCUT2D eigenvalue weighted by Gasteiger charge is 2.37. The first-order valence-corrected chi connectivity index (χ1v) is 8.28. The topological polar surface area (TPSA) is 42.0 Å². The molecule has 2 aliphatic rings. The van der Waals surface area contributed by atoms with Gasteiger partial charge in [0.2, 0.25) is 0 Å². The van der Waals surface area contributed by atoms with E-state index in [0.29, 0.717) is 6.42 Å². The Bertz CT molecular complexity index is 1000. The van der Waals surface area contributed by atoms with Gasteiger partial charge in [0.25, 0.3) is 0 Å². The van der Waals surface area contributed by atoms with E-state index in [1.807, 2.05) is 12.3 Å². The van der Waals surface area contributed by atoms with Crippen molar-refractivity contribution in [2.24, 2.45) is 0 Å². The third-order valence-electron chi connectivity index (χ3n) is 5.08. The average molecular weight is 312 g/mol. The lowest BCUT2D eigenvalue weighted by atomic mass is 9.79. The van der Waals surface area contributed by atoms with Crippen LogP contribution in [0.2, 0.25) is 0 Å². The van der Waals surface area contributed by atoms with Crippen molar-refractivity contribution in [3.05, 3.63) is 83.3 Å². The number of allylic oxidation sites excluding steroid dienone is 2. The minimum absolute atomic E-state index is 0.0361. The largest absolute Gasteiger partial charge is 0.358 e. The Balaban J connectivity index is 1.85. The highest BCUT2D eigenvalue weighted by molar-refractivity contribution is 6.05. The molecule has 0 unspecified atom stereocenters. The van der Waals surface area contributed by atoms with Gasteiger partial charge >= 0.3 is 0 Å². The molecule has 1 aromatic heterocycles. The number of hydrogen-bond donors (Lipinski definition) is 1. The minimum Gasteiger partial charge on any atom is -0.358 e. The lowest BCUT2D eigenvalue weighted by molar-refractivity contribution is -0.115. The van der Waals surface area contributed by atoms with Crippen LogP contribution in [-0.2, 0) is 4.79 Å². The Morgan fingerprint density at radius 3 is 2.79 bits per heavy atom. The molecule has 2 aromatic carbocycles. The third kappa shape index (κ3) is 1.84. The van der Waals surface area contributed by atoms with Crippen molar-refractivity contribution < 1.29 is 4.79 Å². The molecule has 1 aliphatic heterocycles. The summed E-state index contributed by atoms with van der Waals surface area (Å²) >= 11 is 0. The number of carbonyl (C=O) groups excluding carboxylic acids is 1. The highest BCUT2D eigenvalue weighted by atomic mass is 16.1. The van der Waals surface area contributed by atoms with Crippen LogP contribution in [0.1, 0.15) is 29.9 Å². The summed E-state index contributed by atoms with van der Waals surface area (Å²) in [5.41, 5.74) is 5.38. The molecule has 1 aliphatic carbocycles. The van der Waals surface area contributed by atoms with Crippen LogP contribution in [0.25, 0.3) is 10.8 Å². The number of nitrogens with zero attached hydrogens (tertiary/aromatic N) is 1. The number of rotatable bonds is 1. The van der Waals surface area contributed by atoms with E-state index in [9.17, 15) is 4.79 Å². The molecule has 2 heterocycles. The van der Waals surface area contributed by atoms with Gasteiger partial charge in [0, 0.05) is 41.7 Å². The van der Waals surface area contributed by atoms with E-state index >= 15 is 0 Å². The van der Waals surface area contributed by atoms with Crippen LogP contribution in [0.15, 0.2) is 72.2 Å². The summed E-state index contributed by atoms with van der Waals surface area (Å²) in [6.45, 7) is 0. The zero-order valence-corrected chi connectivity index (χ0v) is 13.1. The Kier molecular flexibility index (Phi) is 2.83. The van der Waals surface area contributed by atoms with Crippen molar-refractivity contribution in [1.82, 2.24) is 4.98 Å². The SMILES string of the molecule is O=C1CCC2=C1[C@H](c1cccnc1)c1c(ccc3ccccc13)N2. The smallest absolute Gasteiger partial charge is 0.161 e. The number of fused-ring (bicyclic) bond motifs is 3.